The summed E-state index contributed by atoms with van der Waals surface area (Å²) in [5.41, 5.74) is 2.87. The first kappa shape index (κ1) is 15.2. The second-order valence-corrected chi connectivity index (χ2v) is 5.59. The molecule has 0 unspecified atom stereocenters. The van der Waals surface area contributed by atoms with Crippen LogP contribution in [0, 0.1) is 6.92 Å². The van der Waals surface area contributed by atoms with Crippen molar-refractivity contribution in [3.05, 3.63) is 63.1 Å². The Morgan fingerprint density at radius 3 is 2.65 bits per heavy atom. The number of aryl methyl sites for hydroxylation is 1. The lowest BCUT2D eigenvalue weighted by molar-refractivity contribution is 0.460. The molecule has 0 heterocycles. The van der Waals surface area contributed by atoms with E-state index in [1.54, 1.807) is 6.07 Å². The third-order valence-electron chi connectivity index (χ3n) is 3.22. The summed E-state index contributed by atoms with van der Waals surface area (Å²) in [5.74, 6) is 0.365. The molecule has 0 saturated heterocycles. The van der Waals surface area contributed by atoms with Crippen LogP contribution >= 0.6 is 23.2 Å². The summed E-state index contributed by atoms with van der Waals surface area (Å²) in [6.45, 7) is 3.32. The summed E-state index contributed by atoms with van der Waals surface area (Å²) in [6, 6.07) is 11.3. The second-order valence-electron chi connectivity index (χ2n) is 4.75. The third kappa shape index (κ3) is 3.89. The molecule has 106 valence electrons. The van der Waals surface area contributed by atoms with Crippen molar-refractivity contribution in [2.45, 2.75) is 19.9 Å². The number of rotatable bonds is 5. The summed E-state index contributed by atoms with van der Waals surface area (Å²) in [4.78, 5) is 0. The molecule has 2 aromatic rings. The van der Waals surface area contributed by atoms with E-state index in [0.717, 1.165) is 29.7 Å². The molecular formula is C16H17Cl2NO. The van der Waals surface area contributed by atoms with Crippen LogP contribution in [0.15, 0.2) is 36.4 Å². The Morgan fingerprint density at radius 2 is 1.90 bits per heavy atom. The van der Waals surface area contributed by atoms with Crippen LogP contribution in [0.25, 0.3) is 0 Å². The summed E-state index contributed by atoms with van der Waals surface area (Å²) < 4.78 is 0. The predicted octanol–water partition coefficient (Wildman–Crippen LogP) is 4.34. The standard InChI is InChI=1S/C16H17Cl2NO/c1-11-3-2-4-13(16(11)20)10-19-8-7-12-5-6-14(17)9-15(12)18/h2-6,9,19-20H,7-8,10H2,1H3. The number of para-hydroxylation sites is 1. The maximum Gasteiger partial charge on any atom is 0.122 e. The van der Waals surface area contributed by atoms with Gasteiger partial charge in [0.25, 0.3) is 0 Å². The molecule has 2 rings (SSSR count). The highest BCUT2D eigenvalue weighted by Crippen LogP contribution is 2.22. The van der Waals surface area contributed by atoms with E-state index >= 15 is 0 Å². The van der Waals surface area contributed by atoms with E-state index in [1.165, 1.54) is 0 Å². The smallest absolute Gasteiger partial charge is 0.122 e. The fourth-order valence-electron chi connectivity index (χ4n) is 2.03. The molecule has 0 aromatic heterocycles. The van der Waals surface area contributed by atoms with Gasteiger partial charge in [0.05, 0.1) is 0 Å². The maximum absolute atomic E-state index is 9.91. The number of phenolic OH excluding ortho intramolecular Hbond substituents is 1. The molecule has 2 aromatic carbocycles. The Balaban J connectivity index is 1.86. The Kier molecular flexibility index (Phi) is 5.30. The van der Waals surface area contributed by atoms with Crippen LogP contribution in [0.4, 0.5) is 0 Å². The van der Waals surface area contributed by atoms with Crippen molar-refractivity contribution < 1.29 is 5.11 Å². The quantitative estimate of drug-likeness (QED) is 0.805. The zero-order chi connectivity index (χ0) is 14.5. The van der Waals surface area contributed by atoms with Gasteiger partial charge in [0.2, 0.25) is 0 Å². The first-order valence-electron chi connectivity index (χ1n) is 6.50. The van der Waals surface area contributed by atoms with Crippen LogP contribution < -0.4 is 5.32 Å². The van der Waals surface area contributed by atoms with Crippen LogP contribution in [0.3, 0.4) is 0 Å². The lowest BCUT2D eigenvalue weighted by Gasteiger charge is -2.09. The molecule has 0 bridgehead atoms. The highest BCUT2D eigenvalue weighted by atomic mass is 35.5. The number of nitrogens with one attached hydrogen (secondary N) is 1. The van der Waals surface area contributed by atoms with Crippen molar-refractivity contribution in [2.75, 3.05) is 6.54 Å². The summed E-state index contributed by atoms with van der Waals surface area (Å²) >= 11 is 12.0. The number of phenols is 1. The van der Waals surface area contributed by atoms with Crippen LogP contribution in [-0.4, -0.2) is 11.7 Å². The lowest BCUT2D eigenvalue weighted by atomic mass is 10.1. The highest BCUT2D eigenvalue weighted by molar-refractivity contribution is 6.35. The van der Waals surface area contributed by atoms with E-state index in [9.17, 15) is 5.11 Å². The molecule has 0 fully saturated rings. The van der Waals surface area contributed by atoms with Gasteiger partial charge in [-0.1, -0.05) is 47.5 Å². The summed E-state index contributed by atoms with van der Waals surface area (Å²) in [5, 5.41) is 14.6. The van der Waals surface area contributed by atoms with Gasteiger partial charge in [-0.25, -0.2) is 0 Å². The van der Waals surface area contributed by atoms with Gasteiger partial charge in [-0.2, -0.15) is 0 Å². The molecule has 0 spiro atoms. The van der Waals surface area contributed by atoms with E-state index in [4.69, 9.17) is 23.2 Å². The van der Waals surface area contributed by atoms with Crippen LogP contribution in [0.2, 0.25) is 10.0 Å². The fraction of sp³-hybridized carbons (Fsp3) is 0.250. The minimum Gasteiger partial charge on any atom is -0.507 e. The van der Waals surface area contributed by atoms with Gasteiger partial charge in [-0.05, 0) is 43.1 Å². The van der Waals surface area contributed by atoms with Crippen LogP contribution in [-0.2, 0) is 13.0 Å². The number of hydrogen-bond acceptors (Lipinski definition) is 2. The molecule has 4 heteroatoms. The number of benzene rings is 2. The molecule has 20 heavy (non-hydrogen) atoms. The molecule has 0 aliphatic heterocycles. The number of hydrogen-bond donors (Lipinski definition) is 2. The van der Waals surface area contributed by atoms with Gasteiger partial charge >= 0.3 is 0 Å². The van der Waals surface area contributed by atoms with Crippen molar-refractivity contribution in [1.29, 1.82) is 0 Å². The molecule has 0 radical (unpaired) electrons. The SMILES string of the molecule is Cc1cccc(CNCCc2ccc(Cl)cc2Cl)c1O. The fourth-order valence-corrected chi connectivity index (χ4v) is 2.54. The number of halogens is 2. The monoisotopic (exact) mass is 309 g/mol. The van der Waals surface area contributed by atoms with E-state index in [0.29, 0.717) is 22.3 Å². The van der Waals surface area contributed by atoms with Gasteiger partial charge in [0.15, 0.2) is 0 Å². The van der Waals surface area contributed by atoms with Crippen molar-refractivity contribution in [3.8, 4) is 5.75 Å². The Bertz CT molecular complexity index is 599. The first-order valence-corrected chi connectivity index (χ1v) is 7.25. The van der Waals surface area contributed by atoms with E-state index in [2.05, 4.69) is 5.32 Å². The largest absolute Gasteiger partial charge is 0.507 e. The highest BCUT2D eigenvalue weighted by Gasteiger charge is 2.04. The second kappa shape index (κ2) is 6.98. The van der Waals surface area contributed by atoms with Crippen molar-refractivity contribution in [1.82, 2.24) is 5.32 Å². The summed E-state index contributed by atoms with van der Waals surface area (Å²) in [6.07, 6.45) is 0.822. The Labute approximate surface area is 129 Å². The van der Waals surface area contributed by atoms with Crippen LogP contribution in [0.5, 0.6) is 5.75 Å². The van der Waals surface area contributed by atoms with Crippen molar-refractivity contribution in [2.24, 2.45) is 0 Å². The van der Waals surface area contributed by atoms with Gasteiger partial charge in [-0.3, -0.25) is 0 Å². The molecule has 0 aliphatic carbocycles. The Hall–Kier alpha value is -1.22. The van der Waals surface area contributed by atoms with Gasteiger partial charge < -0.3 is 10.4 Å². The molecular weight excluding hydrogens is 293 g/mol. The van der Waals surface area contributed by atoms with Gasteiger partial charge in [-0.15, -0.1) is 0 Å². The number of aromatic hydroxyl groups is 1. The average Bonchev–Trinajstić information content (AvgIpc) is 2.41. The minimum absolute atomic E-state index is 0.365. The van der Waals surface area contributed by atoms with E-state index in [-0.39, 0.29) is 0 Å². The normalized spacial score (nSPS) is 10.8. The molecule has 0 atom stereocenters. The molecule has 2 N–H and O–H groups in total. The van der Waals surface area contributed by atoms with E-state index < -0.39 is 0 Å². The third-order valence-corrected chi connectivity index (χ3v) is 3.81. The lowest BCUT2D eigenvalue weighted by Crippen LogP contribution is -2.17. The average molecular weight is 310 g/mol. The van der Waals surface area contributed by atoms with Crippen LogP contribution in [0.1, 0.15) is 16.7 Å². The van der Waals surface area contributed by atoms with Gasteiger partial charge in [0, 0.05) is 22.2 Å². The molecule has 0 amide bonds. The Morgan fingerprint density at radius 1 is 1.10 bits per heavy atom. The van der Waals surface area contributed by atoms with Crippen molar-refractivity contribution in [3.63, 3.8) is 0 Å². The maximum atomic E-state index is 9.91. The first-order chi connectivity index (χ1) is 9.58. The molecule has 0 saturated carbocycles. The summed E-state index contributed by atoms with van der Waals surface area (Å²) in [7, 11) is 0. The topological polar surface area (TPSA) is 32.3 Å². The van der Waals surface area contributed by atoms with Crippen molar-refractivity contribution >= 4 is 23.2 Å². The zero-order valence-corrected chi connectivity index (χ0v) is 12.8. The zero-order valence-electron chi connectivity index (χ0n) is 11.3. The minimum atomic E-state index is 0.365. The molecule has 2 nitrogen and oxygen atoms in total. The van der Waals surface area contributed by atoms with Gasteiger partial charge in [0.1, 0.15) is 5.75 Å². The predicted molar refractivity (Wildman–Crippen MR) is 84.7 cm³/mol. The molecule has 0 aliphatic rings. The van der Waals surface area contributed by atoms with E-state index in [1.807, 2.05) is 37.3 Å².